The predicted octanol–water partition coefficient (Wildman–Crippen LogP) is 2.90. The Morgan fingerprint density at radius 3 is 2.94 bits per heavy atom. The first-order valence-electron chi connectivity index (χ1n) is 6.37. The number of nitrogens with two attached hydrogens (primary N) is 1. The van der Waals surface area contributed by atoms with Crippen LogP contribution in [0.3, 0.4) is 0 Å². The monoisotopic (exact) mass is 252 g/mol. The van der Waals surface area contributed by atoms with E-state index in [2.05, 4.69) is 24.0 Å². The van der Waals surface area contributed by atoms with Crippen LogP contribution < -0.4 is 5.73 Å². The Labute approximate surface area is 109 Å². The van der Waals surface area contributed by atoms with Gasteiger partial charge in [-0.05, 0) is 49.9 Å². The summed E-state index contributed by atoms with van der Waals surface area (Å²) in [6.07, 6.45) is 2.52. The largest absolute Gasteiger partial charge is 0.330 e. The highest BCUT2D eigenvalue weighted by atomic mass is 35.5. The number of hydrogen-bond acceptors (Lipinski definition) is 2. The topological polar surface area (TPSA) is 29.3 Å². The van der Waals surface area contributed by atoms with E-state index in [-0.39, 0.29) is 0 Å². The first kappa shape index (κ1) is 12.9. The summed E-state index contributed by atoms with van der Waals surface area (Å²) in [5.74, 6) is 0.658. The van der Waals surface area contributed by atoms with E-state index in [1.165, 1.54) is 18.4 Å². The third-order valence-electron chi connectivity index (χ3n) is 3.72. The average molecular weight is 253 g/mol. The van der Waals surface area contributed by atoms with Crippen molar-refractivity contribution < 1.29 is 0 Å². The van der Waals surface area contributed by atoms with Gasteiger partial charge in [0.15, 0.2) is 0 Å². The second-order valence-corrected chi connectivity index (χ2v) is 5.52. The summed E-state index contributed by atoms with van der Waals surface area (Å²) < 4.78 is 0. The van der Waals surface area contributed by atoms with Crippen molar-refractivity contribution in [1.82, 2.24) is 4.90 Å². The van der Waals surface area contributed by atoms with Gasteiger partial charge in [0.05, 0.1) is 0 Å². The molecule has 0 bridgehead atoms. The van der Waals surface area contributed by atoms with E-state index < -0.39 is 0 Å². The molecule has 0 radical (unpaired) electrons. The molecule has 0 aliphatic carbocycles. The lowest BCUT2D eigenvalue weighted by Gasteiger charge is -2.37. The summed E-state index contributed by atoms with van der Waals surface area (Å²) in [4.78, 5) is 2.52. The molecular formula is C14H21ClN2. The van der Waals surface area contributed by atoms with E-state index in [9.17, 15) is 0 Å². The highest BCUT2D eigenvalue weighted by Crippen LogP contribution is 2.23. The molecule has 0 saturated carbocycles. The number of likely N-dealkylation sites (tertiary alicyclic amines) is 1. The Balaban J connectivity index is 2.01. The van der Waals surface area contributed by atoms with E-state index in [1.54, 1.807) is 0 Å². The minimum Gasteiger partial charge on any atom is -0.330 e. The lowest BCUT2D eigenvalue weighted by Crippen LogP contribution is -2.43. The maximum atomic E-state index is 6.02. The van der Waals surface area contributed by atoms with Crippen LogP contribution in [0.4, 0.5) is 0 Å². The lowest BCUT2D eigenvalue weighted by atomic mass is 9.93. The molecule has 1 saturated heterocycles. The molecule has 2 unspecified atom stereocenters. The van der Waals surface area contributed by atoms with E-state index in [0.717, 1.165) is 24.7 Å². The van der Waals surface area contributed by atoms with Gasteiger partial charge in [-0.1, -0.05) is 23.7 Å². The highest BCUT2D eigenvalue weighted by Gasteiger charge is 2.24. The van der Waals surface area contributed by atoms with E-state index in [1.807, 2.05) is 12.1 Å². The quantitative estimate of drug-likeness (QED) is 0.896. The van der Waals surface area contributed by atoms with Crippen LogP contribution in [0.15, 0.2) is 24.3 Å². The molecule has 94 valence electrons. The zero-order valence-corrected chi connectivity index (χ0v) is 11.2. The molecule has 2 rings (SSSR count). The Hall–Kier alpha value is -0.570. The van der Waals surface area contributed by atoms with Crippen LogP contribution in [0, 0.1) is 5.92 Å². The molecule has 0 amide bonds. The zero-order valence-electron chi connectivity index (χ0n) is 10.4. The van der Waals surface area contributed by atoms with Gasteiger partial charge >= 0.3 is 0 Å². The van der Waals surface area contributed by atoms with Crippen LogP contribution in [0.5, 0.6) is 0 Å². The highest BCUT2D eigenvalue weighted by molar-refractivity contribution is 6.30. The van der Waals surface area contributed by atoms with Gasteiger partial charge in [-0.25, -0.2) is 0 Å². The number of rotatable bonds is 3. The van der Waals surface area contributed by atoms with E-state index in [0.29, 0.717) is 12.0 Å². The molecule has 1 fully saturated rings. The number of nitrogens with zero attached hydrogens (tertiary/aromatic N) is 1. The van der Waals surface area contributed by atoms with Crippen molar-refractivity contribution in [2.45, 2.75) is 32.4 Å². The van der Waals surface area contributed by atoms with Crippen LogP contribution in [0.25, 0.3) is 0 Å². The van der Waals surface area contributed by atoms with Crippen molar-refractivity contribution in [2.75, 3.05) is 13.1 Å². The fraction of sp³-hybridized carbons (Fsp3) is 0.571. The molecular weight excluding hydrogens is 232 g/mol. The Morgan fingerprint density at radius 1 is 1.41 bits per heavy atom. The van der Waals surface area contributed by atoms with Crippen LogP contribution in [0.2, 0.25) is 5.02 Å². The summed E-state index contributed by atoms with van der Waals surface area (Å²) in [6, 6.07) is 8.79. The smallest absolute Gasteiger partial charge is 0.0409 e. The molecule has 2 nitrogen and oxygen atoms in total. The molecule has 17 heavy (non-hydrogen) atoms. The third kappa shape index (κ3) is 3.44. The van der Waals surface area contributed by atoms with Crippen molar-refractivity contribution in [1.29, 1.82) is 0 Å². The van der Waals surface area contributed by atoms with Gasteiger partial charge in [-0.3, -0.25) is 4.90 Å². The maximum Gasteiger partial charge on any atom is 0.0409 e. The molecule has 1 aromatic carbocycles. The number of halogens is 1. The van der Waals surface area contributed by atoms with Gasteiger partial charge < -0.3 is 5.73 Å². The van der Waals surface area contributed by atoms with Crippen molar-refractivity contribution in [3.8, 4) is 0 Å². The number of piperidine rings is 1. The summed E-state index contributed by atoms with van der Waals surface area (Å²) >= 11 is 6.02. The lowest BCUT2D eigenvalue weighted by molar-refractivity contribution is 0.113. The first-order chi connectivity index (χ1) is 8.19. The first-order valence-corrected chi connectivity index (χ1v) is 6.75. The standard InChI is InChI=1S/C14H21ClN2/c1-11-5-6-13(8-16)10-17(11)9-12-3-2-4-14(15)7-12/h2-4,7,11,13H,5-6,8-10,16H2,1H3. The number of benzene rings is 1. The number of hydrogen-bond donors (Lipinski definition) is 1. The predicted molar refractivity (Wildman–Crippen MR) is 73.1 cm³/mol. The molecule has 1 aliphatic rings. The van der Waals surface area contributed by atoms with Gasteiger partial charge in [0.2, 0.25) is 0 Å². The van der Waals surface area contributed by atoms with Crippen LogP contribution in [-0.2, 0) is 6.54 Å². The molecule has 1 heterocycles. The van der Waals surface area contributed by atoms with Crippen molar-refractivity contribution in [3.05, 3.63) is 34.9 Å². The summed E-state index contributed by atoms with van der Waals surface area (Å²) in [6.45, 7) is 5.21. The van der Waals surface area contributed by atoms with Gasteiger partial charge in [0, 0.05) is 24.2 Å². The van der Waals surface area contributed by atoms with Crippen LogP contribution in [-0.4, -0.2) is 24.0 Å². The second-order valence-electron chi connectivity index (χ2n) is 5.09. The minimum absolute atomic E-state index is 0.650. The molecule has 1 aliphatic heterocycles. The van der Waals surface area contributed by atoms with E-state index >= 15 is 0 Å². The minimum atomic E-state index is 0.650. The third-order valence-corrected chi connectivity index (χ3v) is 3.95. The Kier molecular flexibility index (Phi) is 4.43. The fourth-order valence-electron chi connectivity index (χ4n) is 2.54. The van der Waals surface area contributed by atoms with Gasteiger partial charge in [0.1, 0.15) is 0 Å². The summed E-state index contributed by atoms with van der Waals surface area (Å²) in [7, 11) is 0. The molecule has 1 aromatic rings. The maximum absolute atomic E-state index is 6.02. The van der Waals surface area contributed by atoms with Crippen molar-refractivity contribution in [2.24, 2.45) is 11.7 Å². The second kappa shape index (κ2) is 5.85. The molecule has 3 heteroatoms. The molecule has 2 N–H and O–H groups in total. The van der Waals surface area contributed by atoms with Gasteiger partial charge in [0.25, 0.3) is 0 Å². The molecule has 2 atom stereocenters. The normalized spacial score (nSPS) is 26.1. The average Bonchev–Trinajstić information content (AvgIpc) is 2.32. The summed E-state index contributed by atoms with van der Waals surface area (Å²) in [5, 5.41) is 0.822. The molecule has 0 spiro atoms. The van der Waals surface area contributed by atoms with Gasteiger partial charge in [-0.15, -0.1) is 0 Å². The fourth-order valence-corrected chi connectivity index (χ4v) is 2.76. The molecule has 0 aromatic heterocycles. The SMILES string of the molecule is CC1CCC(CN)CN1Cc1cccc(Cl)c1. The van der Waals surface area contributed by atoms with Crippen molar-refractivity contribution >= 4 is 11.6 Å². The van der Waals surface area contributed by atoms with Crippen LogP contribution in [0.1, 0.15) is 25.3 Å². The van der Waals surface area contributed by atoms with Gasteiger partial charge in [-0.2, -0.15) is 0 Å². The Bertz CT molecular complexity index is 367. The van der Waals surface area contributed by atoms with Crippen LogP contribution >= 0.6 is 11.6 Å². The zero-order chi connectivity index (χ0) is 12.3. The van der Waals surface area contributed by atoms with Crippen molar-refractivity contribution in [3.63, 3.8) is 0 Å². The summed E-state index contributed by atoms with van der Waals surface area (Å²) in [5.41, 5.74) is 7.07. The Morgan fingerprint density at radius 2 is 2.24 bits per heavy atom. The van der Waals surface area contributed by atoms with E-state index in [4.69, 9.17) is 17.3 Å².